The standard InChI is InChI=1S/C23H28Cl3FN6O5S/c1-12-15(25)16(30-19(12)26)21(35)29-14-2-4-33(10-13(14)27)23-31-17(18(39-23)22(36)38-11-24)20(34)28-3-5-32-6-8-37-9-7-32/h13-14,30H,2-11H2,1H3,(H,28,34)(H,29,35)/t13-,14+/m0/s1. The molecular formula is C23H28Cl3FN6O5S. The number of aromatic amines is 1. The van der Waals surface area contributed by atoms with Gasteiger partial charge in [-0.1, -0.05) is 46.1 Å². The van der Waals surface area contributed by atoms with Crippen molar-refractivity contribution in [2.24, 2.45) is 0 Å². The fraction of sp³-hybridized carbons (Fsp3) is 0.565. The number of ether oxygens (including phenoxy) is 2. The van der Waals surface area contributed by atoms with Crippen LogP contribution >= 0.6 is 46.1 Å². The van der Waals surface area contributed by atoms with Gasteiger partial charge in [-0.15, -0.1) is 0 Å². The Morgan fingerprint density at radius 3 is 2.62 bits per heavy atom. The van der Waals surface area contributed by atoms with Crippen LogP contribution in [0.4, 0.5) is 9.52 Å². The van der Waals surface area contributed by atoms with Crippen molar-refractivity contribution in [3.05, 3.63) is 32.0 Å². The van der Waals surface area contributed by atoms with Crippen molar-refractivity contribution >= 4 is 69.1 Å². The van der Waals surface area contributed by atoms with E-state index in [0.29, 0.717) is 38.4 Å². The Morgan fingerprint density at radius 2 is 1.97 bits per heavy atom. The number of hydrogen-bond acceptors (Lipinski definition) is 9. The number of H-pyrrole nitrogens is 1. The number of anilines is 1. The molecule has 2 aromatic heterocycles. The number of amides is 2. The largest absolute Gasteiger partial charge is 0.445 e. The summed E-state index contributed by atoms with van der Waals surface area (Å²) in [5.74, 6) is -1.89. The second kappa shape index (κ2) is 13.5. The molecule has 3 N–H and O–H groups in total. The van der Waals surface area contributed by atoms with E-state index in [0.717, 1.165) is 24.4 Å². The zero-order chi connectivity index (χ0) is 28.1. The molecule has 0 aliphatic carbocycles. The molecule has 2 amide bonds. The molecule has 2 aliphatic heterocycles. The molecule has 2 saturated heterocycles. The van der Waals surface area contributed by atoms with E-state index in [1.54, 1.807) is 11.8 Å². The summed E-state index contributed by atoms with van der Waals surface area (Å²) in [5, 5.41) is 6.15. The monoisotopic (exact) mass is 624 g/mol. The lowest BCUT2D eigenvalue weighted by atomic mass is 10.0. The molecule has 16 heteroatoms. The Balaban J connectivity index is 1.40. The van der Waals surface area contributed by atoms with Crippen LogP contribution in [0.2, 0.25) is 10.2 Å². The summed E-state index contributed by atoms with van der Waals surface area (Å²) in [4.78, 5) is 48.9. The van der Waals surface area contributed by atoms with Crippen molar-refractivity contribution in [3.63, 3.8) is 0 Å². The second-order valence-corrected chi connectivity index (χ2v) is 11.0. The highest BCUT2D eigenvalue weighted by atomic mass is 35.5. The van der Waals surface area contributed by atoms with Gasteiger partial charge >= 0.3 is 5.97 Å². The fourth-order valence-corrected chi connectivity index (χ4v) is 5.82. The molecule has 4 rings (SSSR count). The van der Waals surface area contributed by atoms with E-state index in [1.807, 2.05) is 0 Å². The summed E-state index contributed by atoms with van der Waals surface area (Å²) in [5.41, 5.74) is 0.496. The molecule has 2 aromatic rings. The number of hydrogen-bond donors (Lipinski definition) is 3. The molecule has 11 nitrogen and oxygen atoms in total. The first kappa shape index (κ1) is 29.8. The highest BCUT2D eigenvalue weighted by Crippen LogP contribution is 2.31. The maximum absolute atomic E-state index is 15.2. The first-order chi connectivity index (χ1) is 18.7. The molecule has 4 heterocycles. The molecule has 0 radical (unpaired) electrons. The number of carbonyl (C=O) groups is 3. The number of rotatable bonds is 9. The van der Waals surface area contributed by atoms with Gasteiger partial charge in [-0.3, -0.25) is 14.5 Å². The van der Waals surface area contributed by atoms with Crippen molar-refractivity contribution < 1.29 is 28.2 Å². The van der Waals surface area contributed by atoms with Crippen LogP contribution < -0.4 is 15.5 Å². The predicted octanol–water partition coefficient (Wildman–Crippen LogP) is 2.85. The number of halogens is 4. The highest BCUT2D eigenvalue weighted by molar-refractivity contribution is 7.17. The average molecular weight is 626 g/mol. The van der Waals surface area contributed by atoms with Gasteiger partial charge < -0.3 is 30.0 Å². The first-order valence-corrected chi connectivity index (χ1v) is 14.4. The van der Waals surface area contributed by atoms with Gasteiger partial charge in [0.25, 0.3) is 11.8 Å². The lowest BCUT2D eigenvalue weighted by Crippen LogP contribution is -2.52. The Morgan fingerprint density at radius 1 is 1.23 bits per heavy atom. The molecule has 0 bridgehead atoms. The van der Waals surface area contributed by atoms with Gasteiger partial charge in [-0.05, 0) is 13.3 Å². The second-order valence-electron chi connectivity index (χ2n) is 9.01. The van der Waals surface area contributed by atoms with Gasteiger partial charge in [0, 0.05) is 38.3 Å². The third-order valence-electron chi connectivity index (χ3n) is 6.49. The lowest BCUT2D eigenvalue weighted by molar-refractivity contribution is 0.0383. The van der Waals surface area contributed by atoms with E-state index in [1.165, 1.54) is 0 Å². The third-order valence-corrected chi connectivity index (χ3v) is 8.54. The Bertz CT molecular complexity index is 1210. The fourth-order valence-electron chi connectivity index (χ4n) is 4.27. The summed E-state index contributed by atoms with van der Waals surface area (Å²) in [6.45, 7) is 5.67. The van der Waals surface area contributed by atoms with Crippen LogP contribution in [0.1, 0.15) is 42.6 Å². The molecule has 2 aliphatic rings. The summed E-state index contributed by atoms with van der Waals surface area (Å²) in [6, 6.07) is -1.17. The zero-order valence-electron chi connectivity index (χ0n) is 21.0. The van der Waals surface area contributed by atoms with Crippen LogP contribution in [0.3, 0.4) is 0 Å². The van der Waals surface area contributed by atoms with E-state index >= 15 is 4.39 Å². The summed E-state index contributed by atoms with van der Waals surface area (Å²) >= 11 is 18.6. The zero-order valence-corrected chi connectivity index (χ0v) is 24.1. The highest BCUT2D eigenvalue weighted by Gasteiger charge is 2.34. The minimum Gasteiger partial charge on any atom is -0.445 e. The van der Waals surface area contributed by atoms with Gasteiger partial charge in [0.05, 0.1) is 30.8 Å². The SMILES string of the molecule is Cc1c(Cl)[nH]c(C(=O)N[C@@H]2CCN(c3nc(C(=O)NCCN4CCOCC4)c(C(=O)OCCl)s3)C[C@@H]2F)c1Cl. The van der Waals surface area contributed by atoms with Gasteiger partial charge in [-0.2, -0.15) is 0 Å². The molecule has 0 spiro atoms. The van der Waals surface area contributed by atoms with E-state index in [9.17, 15) is 14.4 Å². The van der Waals surface area contributed by atoms with E-state index in [2.05, 4.69) is 25.5 Å². The number of carbonyl (C=O) groups excluding carboxylic acids is 3. The summed E-state index contributed by atoms with van der Waals surface area (Å²) in [7, 11) is 0. The minimum atomic E-state index is -1.46. The Kier molecular flexibility index (Phi) is 10.3. The number of alkyl halides is 2. The molecule has 214 valence electrons. The molecule has 0 aromatic carbocycles. The molecule has 0 unspecified atom stereocenters. The number of nitrogens with one attached hydrogen (secondary N) is 3. The third kappa shape index (κ3) is 7.14. The van der Waals surface area contributed by atoms with Crippen molar-refractivity contribution in [1.82, 2.24) is 25.5 Å². The number of morpholine rings is 1. The van der Waals surface area contributed by atoms with Crippen molar-refractivity contribution in [2.75, 3.05) is 63.4 Å². The molecule has 2 fully saturated rings. The lowest BCUT2D eigenvalue weighted by Gasteiger charge is -2.34. The average Bonchev–Trinajstić information content (AvgIpc) is 3.48. The topological polar surface area (TPSA) is 129 Å². The maximum Gasteiger partial charge on any atom is 0.352 e. The number of esters is 1. The minimum absolute atomic E-state index is 0.0195. The van der Waals surface area contributed by atoms with Crippen LogP contribution in [0.5, 0.6) is 0 Å². The number of thiazole rings is 1. The van der Waals surface area contributed by atoms with Crippen LogP contribution in [0, 0.1) is 6.92 Å². The smallest absolute Gasteiger partial charge is 0.352 e. The molecule has 39 heavy (non-hydrogen) atoms. The van der Waals surface area contributed by atoms with Crippen LogP contribution in [0.15, 0.2) is 0 Å². The van der Waals surface area contributed by atoms with Crippen molar-refractivity contribution in [2.45, 2.75) is 25.6 Å². The number of nitrogens with zero attached hydrogens (tertiary/aromatic N) is 3. The van der Waals surface area contributed by atoms with Crippen molar-refractivity contribution in [1.29, 1.82) is 0 Å². The number of aromatic nitrogens is 2. The quantitative estimate of drug-likeness (QED) is 0.287. The normalized spacial score (nSPS) is 20.1. The maximum atomic E-state index is 15.2. The van der Waals surface area contributed by atoms with Crippen molar-refractivity contribution in [3.8, 4) is 0 Å². The van der Waals surface area contributed by atoms with Gasteiger partial charge in [-0.25, -0.2) is 14.2 Å². The van der Waals surface area contributed by atoms with Crippen LogP contribution in [-0.2, 0) is 9.47 Å². The number of piperidine rings is 1. The van der Waals surface area contributed by atoms with Gasteiger partial charge in [0.2, 0.25) is 0 Å². The first-order valence-electron chi connectivity index (χ1n) is 12.2. The molecule has 0 saturated carbocycles. The van der Waals surface area contributed by atoms with Crippen LogP contribution in [0.25, 0.3) is 0 Å². The van der Waals surface area contributed by atoms with Crippen LogP contribution in [-0.4, -0.2) is 103 Å². The van der Waals surface area contributed by atoms with Gasteiger partial charge in [0.1, 0.15) is 21.9 Å². The van der Waals surface area contributed by atoms with E-state index < -0.39 is 36.1 Å². The predicted molar refractivity (Wildman–Crippen MR) is 146 cm³/mol. The van der Waals surface area contributed by atoms with Gasteiger partial charge in [0.15, 0.2) is 16.9 Å². The molecule has 2 atom stereocenters. The Labute approximate surface area is 243 Å². The van der Waals surface area contributed by atoms with E-state index in [-0.39, 0.29) is 44.5 Å². The van der Waals surface area contributed by atoms with E-state index in [4.69, 9.17) is 44.3 Å². The Hall–Kier alpha value is -2.16. The summed E-state index contributed by atoms with van der Waals surface area (Å²) < 4.78 is 25.4. The summed E-state index contributed by atoms with van der Waals surface area (Å²) in [6.07, 6.45) is -1.21. The molecular weight excluding hydrogens is 598 g/mol.